The Morgan fingerprint density at radius 1 is 0.640 bits per heavy atom. The molecular formula is C41H37ClN2O6. The number of piperazine rings is 1. The fourth-order valence-electron chi connectivity index (χ4n) is 6.66. The van der Waals surface area contributed by atoms with Gasteiger partial charge in [0.15, 0.2) is 0 Å². The molecule has 0 radical (unpaired) electrons. The van der Waals surface area contributed by atoms with Gasteiger partial charge in [0.25, 0.3) is 0 Å². The number of rotatable bonds is 7. The molecule has 6 aromatic carbocycles. The molecule has 254 valence electrons. The zero-order valence-corrected chi connectivity index (χ0v) is 28.2. The quantitative estimate of drug-likeness (QED) is 0.133. The van der Waals surface area contributed by atoms with Crippen LogP contribution in [0.15, 0.2) is 115 Å². The van der Waals surface area contributed by atoms with Crippen molar-refractivity contribution in [3.05, 3.63) is 154 Å². The lowest BCUT2D eigenvalue weighted by atomic mass is 9.90. The van der Waals surface area contributed by atoms with E-state index in [0.29, 0.717) is 38.7 Å². The van der Waals surface area contributed by atoms with Crippen LogP contribution < -0.4 is 0 Å². The van der Waals surface area contributed by atoms with Crippen molar-refractivity contribution >= 4 is 45.1 Å². The van der Waals surface area contributed by atoms with Crippen molar-refractivity contribution in [2.24, 2.45) is 0 Å². The van der Waals surface area contributed by atoms with Gasteiger partial charge in [-0.15, -0.1) is 0 Å². The van der Waals surface area contributed by atoms with Gasteiger partial charge >= 0.3 is 11.9 Å². The summed E-state index contributed by atoms with van der Waals surface area (Å²) < 4.78 is 0. The standard InChI is InChI=1S/C23H16O6.C18H21ClN2/c24-20-16(14-7-3-1-5-12(14)9-18(20)22(26)27)11-17-15-8-4-2-6-13(15)10-19(21(17)25)23(28)29;1-20-11-13-21(14-12-20)18(15-5-3-2-4-6-15)16-7-9-17(19)10-8-16/h1-10,24-25H,11H2,(H,26,27)(H,28,29);2-10,18H,11-14H2,1H3/t;18-/m.0/s1. The van der Waals surface area contributed by atoms with Crippen molar-refractivity contribution in [2.75, 3.05) is 33.2 Å². The van der Waals surface area contributed by atoms with Crippen LogP contribution in [0.1, 0.15) is 49.0 Å². The van der Waals surface area contributed by atoms with Crippen LogP contribution in [0.4, 0.5) is 0 Å². The Labute approximate surface area is 295 Å². The minimum Gasteiger partial charge on any atom is -0.507 e. The van der Waals surface area contributed by atoms with Gasteiger partial charge in [0, 0.05) is 48.7 Å². The minimum atomic E-state index is -1.28. The Hall–Kier alpha value is -5.41. The topological polar surface area (TPSA) is 122 Å². The van der Waals surface area contributed by atoms with E-state index in [4.69, 9.17) is 11.6 Å². The second kappa shape index (κ2) is 15.0. The number of fused-ring (bicyclic) bond motifs is 2. The molecular weight excluding hydrogens is 652 g/mol. The Morgan fingerprint density at radius 3 is 1.56 bits per heavy atom. The maximum atomic E-state index is 11.6. The summed E-state index contributed by atoms with van der Waals surface area (Å²) in [7, 11) is 2.19. The molecule has 1 saturated heterocycles. The number of phenols is 2. The highest BCUT2D eigenvalue weighted by Gasteiger charge is 2.25. The number of halogens is 1. The summed E-state index contributed by atoms with van der Waals surface area (Å²) in [5.41, 5.74) is 2.78. The fourth-order valence-corrected chi connectivity index (χ4v) is 6.78. The van der Waals surface area contributed by atoms with Crippen LogP contribution in [0.3, 0.4) is 0 Å². The van der Waals surface area contributed by atoms with E-state index in [9.17, 15) is 30.0 Å². The van der Waals surface area contributed by atoms with E-state index in [1.165, 1.54) is 23.3 Å². The van der Waals surface area contributed by atoms with E-state index in [1.54, 1.807) is 48.5 Å². The van der Waals surface area contributed by atoms with E-state index >= 15 is 0 Å². The number of likely N-dealkylation sites (N-methyl/N-ethyl adjacent to an activating group) is 1. The smallest absolute Gasteiger partial charge is 0.339 e. The first-order valence-electron chi connectivity index (χ1n) is 16.3. The first-order chi connectivity index (χ1) is 24.1. The number of carbonyl (C=O) groups is 2. The average molecular weight is 689 g/mol. The number of hydrogen-bond acceptors (Lipinski definition) is 6. The highest BCUT2D eigenvalue weighted by molar-refractivity contribution is 6.30. The third-order valence-electron chi connectivity index (χ3n) is 9.27. The van der Waals surface area contributed by atoms with Gasteiger partial charge in [0.2, 0.25) is 0 Å². The summed E-state index contributed by atoms with van der Waals surface area (Å²) in [5.74, 6) is -3.36. The van der Waals surface area contributed by atoms with Crippen LogP contribution in [0.25, 0.3) is 21.5 Å². The molecule has 6 aromatic rings. The molecule has 1 fully saturated rings. The molecule has 0 saturated carbocycles. The first-order valence-corrected chi connectivity index (χ1v) is 16.7. The molecule has 9 heteroatoms. The van der Waals surface area contributed by atoms with Gasteiger partial charge in [-0.1, -0.05) is 103 Å². The van der Waals surface area contributed by atoms with Gasteiger partial charge in [0.1, 0.15) is 22.6 Å². The lowest BCUT2D eigenvalue weighted by molar-refractivity contribution is 0.0682. The van der Waals surface area contributed by atoms with Crippen molar-refractivity contribution in [2.45, 2.75) is 12.5 Å². The monoisotopic (exact) mass is 688 g/mol. The summed E-state index contributed by atoms with van der Waals surface area (Å²) in [6.07, 6.45) is -0.0407. The molecule has 4 N–H and O–H groups in total. The SMILES string of the molecule is CN1CCN([C@@H](c2ccccc2)c2ccc(Cl)cc2)CC1.O=C(O)c1cc2ccccc2c(Cc2c(O)c(C(=O)O)cc3ccccc23)c1O. The number of hydrogen-bond donors (Lipinski definition) is 4. The second-order valence-electron chi connectivity index (χ2n) is 12.4. The summed E-state index contributed by atoms with van der Waals surface area (Å²) in [6, 6.07) is 36.1. The van der Waals surface area contributed by atoms with Gasteiger partial charge < -0.3 is 25.3 Å². The number of carboxylic acids is 2. The second-order valence-corrected chi connectivity index (χ2v) is 12.9. The molecule has 0 unspecified atom stereocenters. The Morgan fingerprint density at radius 2 is 1.08 bits per heavy atom. The summed E-state index contributed by atoms with van der Waals surface area (Å²) in [4.78, 5) is 28.2. The predicted molar refractivity (Wildman–Crippen MR) is 197 cm³/mol. The Balaban J connectivity index is 0.000000182. The third-order valence-corrected chi connectivity index (χ3v) is 9.52. The van der Waals surface area contributed by atoms with Crippen molar-refractivity contribution in [1.82, 2.24) is 9.80 Å². The first kappa shape index (κ1) is 34.5. The van der Waals surface area contributed by atoms with E-state index in [1.807, 2.05) is 12.1 Å². The van der Waals surface area contributed by atoms with Crippen LogP contribution in [-0.4, -0.2) is 75.4 Å². The van der Waals surface area contributed by atoms with E-state index in [2.05, 4.69) is 59.3 Å². The van der Waals surface area contributed by atoms with E-state index < -0.39 is 23.4 Å². The van der Waals surface area contributed by atoms with Gasteiger partial charge in [-0.3, -0.25) is 4.90 Å². The van der Waals surface area contributed by atoms with Crippen molar-refractivity contribution in [3.8, 4) is 11.5 Å². The average Bonchev–Trinajstić information content (AvgIpc) is 3.12. The number of nitrogens with zero attached hydrogens (tertiary/aromatic N) is 2. The minimum absolute atomic E-state index is 0.0407. The summed E-state index contributed by atoms with van der Waals surface area (Å²) >= 11 is 6.05. The van der Waals surface area contributed by atoms with Gasteiger partial charge in [-0.25, -0.2) is 9.59 Å². The molecule has 8 nitrogen and oxygen atoms in total. The lowest BCUT2D eigenvalue weighted by Gasteiger charge is -2.38. The van der Waals surface area contributed by atoms with Gasteiger partial charge in [-0.05, 0) is 64.0 Å². The molecule has 0 aromatic heterocycles. The molecule has 0 amide bonds. The van der Waals surface area contributed by atoms with Crippen LogP contribution in [0.5, 0.6) is 11.5 Å². The highest BCUT2D eigenvalue weighted by atomic mass is 35.5. The predicted octanol–water partition coefficient (Wildman–Crippen LogP) is 8.07. The van der Waals surface area contributed by atoms with E-state index in [-0.39, 0.29) is 17.5 Å². The van der Waals surface area contributed by atoms with Crippen molar-refractivity contribution in [3.63, 3.8) is 0 Å². The van der Waals surface area contributed by atoms with Gasteiger partial charge in [0.05, 0.1) is 6.04 Å². The molecule has 7 rings (SSSR count). The molecule has 0 bridgehead atoms. The van der Waals surface area contributed by atoms with Crippen LogP contribution in [0, 0.1) is 0 Å². The lowest BCUT2D eigenvalue weighted by Crippen LogP contribution is -2.46. The summed E-state index contributed by atoms with van der Waals surface area (Å²) in [5, 5.41) is 43.6. The number of benzene rings is 6. The largest absolute Gasteiger partial charge is 0.507 e. The molecule has 1 aliphatic heterocycles. The summed E-state index contributed by atoms with van der Waals surface area (Å²) in [6.45, 7) is 4.44. The molecule has 0 aliphatic carbocycles. The maximum absolute atomic E-state index is 11.6. The normalized spacial score (nSPS) is 14.2. The molecule has 1 aliphatic rings. The maximum Gasteiger partial charge on any atom is 0.339 e. The molecule has 1 atom stereocenters. The molecule has 0 spiro atoms. The zero-order valence-electron chi connectivity index (χ0n) is 27.5. The van der Waals surface area contributed by atoms with E-state index in [0.717, 1.165) is 31.2 Å². The number of aromatic hydroxyl groups is 2. The Kier molecular flexibility index (Phi) is 10.3. The number of carboxylic acid groups (broad SMARTS) is 2. The highest BCUT2D eigenvalue weighted by Crippen LogP contribution is 2.39. The van der Waals surface area contributed by atoms with Crippen LogP contribution in [-0.2, 0) is 6.42 Å². The van der Waals surface area contributed by atoms with Gasteiger partial charge in [-0.2, -0.15) is 0 Å². The number of aromatic carboxylic acids is 2. The van der Waals surface area contributed by atoms with Crippen molar-refractivity contribution in [1.29, 1.82) is 0 Å². The molecule has 1 heterocycles. The molecule has 50 heavy (non-hydrogen) atoms. The Bertz CT molecular complexity index is 2060. The fraction of sp³-hybridized carbons (Fsp3) is 0.171. The van der Waals surface area contributed by atoms with Crippen LogP contribution in [0.2, 0.25) is 5.02 Å². The van der Waals surface area contributed by atoms with Crippen molar-refractivity contribution < 1.29 is 30.0 Å². The third kappa shape index (κ3) is 7.28. The van der Waals surface area contributed by atoms with Crippen LogP contribution >= 0.6 is 11.6 Å². The zero-order chi connectivity index (χ0) is 35.4.